The summed E-state index contributed by atoms with van der Waals surface area (Å²) < 4.78 is 5.23. The van der Waals surface area contributed by atoms with Gasteiger partial charge in [0.15, 0.2) is 16.7 Å². The Hall–Kier alpha value is -2.21. The maximum Gasteiger partial charge on any atom is 0.264 e. The van der Waals surface area contributed by atoms with E-state index in [1.807, 2.05) is 6.07 Å². The van der Waals surface area contributed by atoms with Crippen LogP contribution >= 0.6 is 11.8 Å². The highest BCUT2D eigenvalue weighted by molar-refractivity contribution is 8.18. The maximum absolute atomic E-state index is 12.2. The molecule has 6 heteroatoms. The molecule has 1 aromatic carbocycles. The maximum atomic E-state index is 12.2. The Morgan fingerprint density at radius 2 is 2.20 bits per heavy atom. The Balaban J connectivity index is 1.85. The molecule has 0 aromatic heterocycles. The first-order valence-corrected chi connectivity index (χ1v) is 9.22. The average molecular weight is 358 g/mol. The van der Waals surface area contributed by atoms with Gasteiger partial charge in [0.05, 0.1) is 18.1 Å². The molecule has 0 atom stereocenters. The number of aromatic hydroxyl groups is 1. The van der Waals surface area contributed by atoms with Gasteiger partial charge in [-0.15, -0.1) is 6.58 Å². The second-order valence-corrected chi connectivity index (χ2v) is 7.19. The van der Waals surface area contributed by atoms with Crippen molar-refractivity contribution in [3.63, 3.8) is 0 Å². The van der Waals surface area contributed by atoms with Crippen LogP contribution in [-0.2, 0) is 11.2 Å². The van der Waals surface area contributed by atoms with Crippen molar-refractivity contribution in [2.45, 2.75) is 38.1 Å². The molecule has 132 valence electrons. The van der Waals surface area contributed by atoms with Crippen LogP contribution in [0.1, 0.15) is 36.8 Å². The van der Waals surface area contributed by atoms with E-state index in [2.05, 4.69) is 16.9 Å². The number of hydrogen-bond acceptors (Lipinski definition) is 5. The van der Waals surface area contributed by atoms with Crippen LogP contribution < -0.4 is 10.1 Å². The number of hydrogen-bond donors (Lipinski definition) is 2. The van der Waals surface area contributed by atoms with Crippen LogP contribution in [0.3, 0.4) is 0 Å². The Kier molecular flexibility index (Phi) is 5.48. The lowest BCUT2D eigenvalue weighted by atomic mass is 10.1. The SMILES string of the molecule is C=CCc1cc(/C=C2\SC(=NC3CCCC3)NC2=O)cc(OC)c1O. The third kappa shape index (κ3) is 4.07. The fraction of sp³-hybridized carbons (Fsp3) is 0.368. The van der Waals surface area contributed by atoms with Crippen molar-refractivity contribution in [3.05, 3.63) is 40.8 Å². The molecule has 3 rings (SSSR count). The molecule has 1 saturated heterocycles. The summed E-state index contributed by atoms with van der Waals surface area (Å²) in [7, 11) is 1.51. The molecular formula is C19H22N2O3S. The first kappa shape index (κ1) is 17.6. The van der Waals surface area contributed by atoms with Gasteiger partial charge in [-0.3, -0.25) is 9.79 Å². The monoisotopic (exact) mass is 358 g/mol. The minimum Gasteiger partial charge on any atom is -0.504 e. The van der Waals surface area contributed by atoms with Gasteiger partial charge in [0.1, 0.15) is 0 Å². The Morgan fingerprint density at radius 1 is 1.44 bits per heavy atom. The number of nitrogens with one attached hydrogen (secondary N) is 1. The minimum atomic E-state index is -0.140. The molecule has 1 saturated carbocycles. The van der Waals surface area contributed by atoms with Crippen LogP contribution in [0.4, 0.5) is 0 Å². The van der Waals surface area contributed by atoms with E-state index >= 15 is 0 Å². The molecule has 0 bridgehead atoms. The fourth-order valence-corrected chi connectivity index (χ4v) is 3.97. The molecule has 5 nitrogen and oxygen atoms in total. The van der Waals surface area contributed by atoms with E-state index in [1.54, 1.807) is 18.2 Å². The second kappa shape index (κ2) is 7.78. The molecule has 2 fully saturated rings. The summed E-state index contributed by atoms with van der Waals surface area (Å²) in [6.07, 6.45) is 8.65. The summed E-state index contributed by atoms with van der Waals surface area (Å²) in [5.74, 6) is 0.352. The largest absolute Gasteiger partial charge is 0.504 e. The molecule has 0 unspecified atom stereocenters. The number of ether oxygens (including phenoxy) is 1. The fourth-order valence-electron chi connectivity index (χ4n) is 3.08. The first-order valence-electron chi connectivity index (χ1n) is 8.40. The van der Waals surface area contributed by atoms with Crippen LogP contribution in [0, 0.1) is 0 Å². The summed E-state index contributed by atoms with van der Waals surface area (Å²) >= 11 is 1.36. The van der Waals surface area contributed by atoms with E-state index in [4.69, 9.17) is 4.74 Å². The zero-order valence-electron chi connectivity index (χ0n) is 14.2. The van der Waals surface area contributed by atoms with Crippen LogP contribution in [0.5, 0.6) is 11.5 Å². The number of rotatable bonds is 5. The number of amidine groups is 1. The number of benzene rings is 1. The third-order valence-electron chi connectivity index (χ3n) is 4.33. The normalized spacial score (nSPS) is 21.1. The van der Waals surface area contributed by atoms with Crippen LogP contribution in [-0.4, -0.2) is 29.3 Å². The van der Waals surface area contributed by atoms with Gasteiger partial charge in [0, 0.05) is 5.56 Å². The third-order valence-corrected chi connectivity index (χ3v) is 5.26. The summed E-state index contributed by atoms with van der Waals surface area (Å²) in [5.41, 5.74) is 1.51. The summed E-state index contributed by atoms with van der Waals surface area (Å²) in [6.45, 7) is 3.70. The molecule has 25 heavy (non-hydrogen) atoms. The Labute approximate surface area is 151 Å². The van der Waals surface area contributed by atoms with Crippen molar-refractivity contribution in [3.8, 4) is 11.5 Å². The summed E-state index contributed by atoms with van der Waals surface area (Å²) in [6, 6.07) is 3.89. The molecule has 0 spiro atoms. The second-order valence-electron chi connectivity index (χ2n) is 6.16. The van der Waals surface area contributed by atoms with Crippen molar-refractivity contribution in [1.82, 2.24) is 5.32 Å². The zero-order chi connectivity index (χ0) is 17.8. The molecule has 2 aliphatic rings. The highest BCUT2D eigenvalue weighted by Crippen LogP contribution is 2.35. The van der Waals surface area contributed by atoms with Gasteiger partial charge < -0.3 is 15.2 Å². The number of phenols is 1. The van der Waals surface area contributed by atoms with Crippen molar-refractivity contribution in [2.24, 2.45) is 4.99 Å². The lowest BCUT2D eigenvalue weighted by Crippen LogP contribution is -2.21. The standard InChI is InChI=1S/C19H22N2O3S/c1-3-6-13-9-12(10-15(24-2)17(13)22)11-16-18(23)21-19(25-16)20-14-7-4-5-8-14/h3,9-11,14,22H,1,4-8H2,2H3,(H,20,21,23)/b16-11-. The number of carbonyl (C=O) groups is 1. The van der Waals surface area contributed by atoms with Crippen molar-refractivity contribution in [2.75, 3.05) is 7.11 Å². The number of carbonyl (C=O) groups excluding carboxylic acids is 1. The molecular weight excluding hydrogens is 336 g/mol. The quantitative estimate of drug-likeness (QED) is 0.623. The van der Waals surface area contributed by atoms with Crippen molar-refractivity contribution in [1.29, 1.82) is 0 Å². The van der Waals surface area contributed by atoms with Gasteiger partial charge in [0.25, 0.3) is 5.91 Å². The van der Waals surface area contributed by atoms with Crippen molar-refractivity contribution < 1.29 is 14.6 Å². The number of methoxy groups -OCH3 is 1. The van der Waals surface area contributed by atoms with Crippen LogP contribution in [0.15, 0.2) is 34.7 Å². The molecule has 1 heterocycles. The predicted octanol–water partition coefficient (Wildman–Crippen LogP) is 3.63. The van der Waals surface area contributed by atoms with Gasteiger partial charge in [-0.1, -0.05) is 18.9 Å². The van der Waals surface area contributed by atoms with E-state index < -0.39 is 0 Å². The van der Waals surface area contributed by atoms with Crippen LogP contribution in [0.25, 0.3) is 6.08 Å². The van der Waals surface area contributed by atoms with Gasteiger partial charge in [-0.2, -0.15) is 0 Å². The number of amides is 1. The molecule has 0 radical (unpaired) electrons. The zero-order valence-corrected chi connectivity index (χ0v) is 15.1. The topological polar surface area (TPSA) is 70.9 Å². The smallest absolute Gasteiger partial charge is 0.264 e. The number of allylic oxidation sites excluding steroid dienone is 1. The van der Waals surface area contributed by atoms with Gasteiger partial charge >= 0.3 is 0 Å². The van der Waals surface area contributed by atoms with Crippen LogP contribution in [0.2, 0.25) is 0 Å². The number of phenolic OH excluding ortho intramolecular Hbond substituents is 1. The lowest BCUT2D eigenvalue weighted by molar-refractivity contribution is -0.115. The van der Waals surface area contributed by atoms with E-state index in [9.17, 15) is 9.90 Å². The average Bonchev–Trinajstić information content (AvgIpc) is 3.21. The lowest BCUT2D eigenvalue weighted by Gasteiger charge is -2.09. The number of aliphatic imine (C=N–C) groups is 1. The number of nitrogens with zero attached hydrogens (tertiary/aromatic N) is 1. The van der Waals surface area contributed by atoms with Gasteiger partial charge in [-0.25, -0.2) is 0 Å². The Morgan fingerprint density at radius 3 is 2.88 bits per heavy atom. The molecule has 2 N–H and O–H groups in total. The highest BCUT2D eigenvalue weighted by Gasteiger charge is 2.25. The molecule has 1 aromatic rings. The molecule has 1 aliphatic carbocycles. The number of thioether (sulfide) groups is 1. The Bertz CT molecular complexity index is 749. The van der Waals surface area contributed by atoms with Crippen molar-refractivity contribution >= 4 is 28.9 Å². The minimum absolute atomic E-state index is 0.108. The van der Waals surface area contributed by atoms with E-state index in [-0.39, 0.29) is 11.7 Å². The van der Waals surface area contributed by atoms with E-state index in [1.165, 1.54) is 31.7 Å². The first-order chi connectivity index (χ1) is 12.1. The van der Waals surface area contributed by atoms with E-state index in [0.29, 0.717) is 33.8 Å². The van der Waals surface area contributed by atoms with E-state index in [0.717, 1.165) is 18.4 Å². The summed E-state index contributed by atoms with van der Waals surface area (Å²) in [5, 5.41) is 13.7. The molecule has 1 amide bonds. The predicted molar refractivity (Wildman–Crippen MR) is 102 cm³/mol. The highest BCUT2D eigenvalue weighted by atomic mass is 32.2. The summed E-state index contributed by atoms with van der Waals surface area (Å²) in [4.78, 5) is 17.4. The molecule has 1 aliphatic heterocycles. The van der Waals surface area contributed by atoms with Gasteiger partial charge in [0.2, 0.25) is 0 Å². The van der Waals surface area contributed by atoms with Gasteiger partial charge in [-0.05, 0) is 54.8 Å².